The van der Waals surface area contributed by atoms with Gasteiger partial charge in [-0.15, -0.1) is 0 Å². The fraction of sp³-hybridized carbons (Fsp3) is 0.343. The molecule has 2 aliphatic rings. The second-order valence-corrected chi connectivity index (χ2v) is 12.4. The number of rotatable bonds is 2. The molecule has 4 aromatic carbocycles. The Morgan fingerprint density at radius 3 is 2.35 bits per heavy atom. The van der Waals surface area contributed by atoms with Gasteiger partial charge in [-0.3, -0.25) is 0 Å². The van der Waals surface area contributed by atoms with E-state index in [2.05, 4.69) is 100 Å². The highest BCUT2D eigenvalue weighted by atomic mass is 16.5. The lowest BCUT2D eigenvalue weighted by Crippen LogP contribution is -2.32. The van der Waals surface area contributed by atoms with Crippen LogP contribution in [0.1, 0.15) is 63.1 Å². The number of aromatic nitrogens is 1. The van der Waals surface area contributed by atoms with E-state index in [1.807, 2.05) is 0 Å². The van der Waals surface area contributed by atoms with Crippen molar-refractivity contribution in [3.05, 3.63) is 77.5 Å². The third-order valence-corrected chi connectivity index (χ3v) is 8.94. The maximum Gasteiger partial charge on any atom is 0.228 e. The zero-order chi connectivity index (χ0) is 25.5. The number of aryl methyl sites for hydroxylation is 2. The van der Waals surface area contributed by atoms with E-state index < -0.39 is 0 Å². The Hall–Kier alpha value is -3.39. The van der Waals surface area contributed by atoms with E-state index in [0.29, 0.717) is 0 Å². The molecule has 186 valence electrons. The third-order valence-electron chi connectivity index (χ3n) is 8.94. The quantitative estimate of drug-likeness (QED) is 0.176. The Balaban J connectivity index is 1.59. The third kappa shape index (κ3) is 3.34. The molecule has 0 amide bonds. The van der Waals surface area contributed by atoms with Crippen molar-refractivity contribution in [3.8, 4) is 22.8 Å². The van der Waals surface area contributed by atoms with E-state index >= 15 is 0 Å². The van der Waals surface area contributed by atoms with Crippen LogP contribution in [0.25, 0.3) is 43.6 Å². The summed E-state index contributed by atoms with van der Waals surface area (Å²) in [5.41, 5.74) is 6.51. The minimum absolute atomic E-state index is 0.0637. The van der Waals surface area contributed by atoms with Crippen molar-refractivity contribution >= 4 is 32.3 Å². The molecule has 1 aromatic heterocycles. The number of hydrogen-bond acceptors (Lipinski definition) is 1. The molecule has 0 unspecified atom stereocenters. The number of pyridine rings is 1. The maximum absolute atomic E-state index is 7.07. The van der Waals surface area contributed by atoms with Crippen LogP contribution < -0.4 is 9.30 Å². The van der Waals surface area contributed by atoms with E-state index in [4.69, 9.17) is 4.74 Å². The Morgan fingerprint density at radius 1 is 0.865 bits per heavy atom. The molecular formula is C35H36NO+. The summed E-state index contributed by atoms with van der Waals surface area (Å²) in [6, 6.07) is 20.4. The molecule has 7 rings (SSSR count). The lowest BCUT2D eigenvalue weighted by molar-refractivity contribution is -0.659. The zero-order valence-electron chi connectivity index (χ0n) is 22.7. The summed E-state index contributed by atoms with van der Waals surface area (Å²) in [5, 5.41) is 7.85. The molecule has 2 nitrogen and oxygen atoms in total. The van der Waals surface area contributed by atoms with Gasteiger partial charge in [-0.1, -0.05) is 88.9 Å². The van der Waals surface area contributed by atoms with Crippen LogP contribution in [0.15, 0.2) is 60.8 Å². The van der Waals surface area contributed by atoms with Crippen molar-refractivity contribution in [1.29, 1.82) is 0 Å². The molecule has 2 heteroatoms. The van der Waals surface area contributed by atoms with Gasteiger partial charge >= 0.3 is 0 Å². The van der Waals surface area contributed by atoms with Crippen LogP contribution in [0, 0.1) is 12.8 Å². The molecule has 5 aromatic rings. The molecule has 0 N–H and O–H groups in total. The maximum atomic E-state index is 7.07. The van der Waals surface area contributed by atoms with Crippen LogP contribution in [0.5, 0.6) is 11.5 Å². The molecule has 0 bridgehead atoms. The normalized spacial score (nSPS) is 15.5. The summed E-state index contributed by atoms with van der Waals surface area (Å²) in [6.07, 6.45) is 8.90. The fourth-order valence-electron chi connectivity index (χ4n) is 7.25. The first-order valence-electron chi connectivity index (χ1n) is 13.9. The fourth-order valence-corrected chi connectivity index (χ4v) is 7.25. The Bertz CT molecular complexity index is 1730. The van der Waals surface area contributed by atoms with Crippen LogP contribution in [0.2, 0.25) is 0 Å². The van der Waals surface area contributed by atoms with Gasteiger partial charge < -0.3 is 4.74 Å². The van der Waals surface area contributed by atoms with E-state index in [1.54, 1.807) is 0 Å². The van der Waals surface area contributed by atoms with Crippen LogP contribution in [0.4, 0.5) is 0 Å². The minimum atomic E-state index is -0.0637. The van der Waals surface area contributed by atoms with E-state index in [1.165, 1.54) is 92.4 Å². The van der Waals surface area contributed by atoms with Gasteiger partial charge in [-0.05, 0) is 63.4 Å². The second-order valence-electron chi connectivity index (χ2n) is 12.4. The van der Waals surface area contributed by atoms with E-state index in [0.717, 1.165) is 17.4 Å². The van der Waals surface area contributed by atoms with Crippen LogP contribution in [-0.4, -0.2) is 0 Å². The van der Waals surface area contributed by atoms with Gasteiger partial charge in [-0.25, -0.2) is 4.57 Å². The van der Waals surface area contributed by atoms with Crippen molar-refractivity contribution in [3.63, 3.8) is 0 Å². The van der Waals surface area contributed by atoms with Crippen molar-refractivity contribution in [2.45, 2.75) is 65.2 Å². The molecule has 1 saturated carbocycles. The lowest BCUT2D eigenvalue weighted by Gasteiger charge is -2.30. The average molecular weight is 487 g/mol. The second kappa shape index (κ2) is 8.05. The summed E-state index contributed by atoms with van der Waals surface area (Å²) < 4.78 is 9.37. The molecule has 1 fully saturated rings. The molecule has 1 aliphatic carbocycles. The van der Waals surface area contributed by atoms with Gasteiger partial charge in [0.05, 0.1) is 10.9 Å². The molecule has 0 atom stereocenters. The molecule has 0 radical (unpaired) electrons. The largest absolute Gasteiger partial charge is 0.455 e. The summed E-state index contributed by atoms with van der Waals surface area (Å²) in [4.78, 5) is 0. The zero-order valence-corrected chi connectivity index (χ0v) is 22.7. The molecule has 2 heterocycles. The van der Waals surface area contributed by atoms with Crippen LogP contribution in [0.3, 0.4) is 0 Å². The van der Waals surface area contributed by atoms with Gasteiger partial charge in [0.1, 0.15) is 18.5 Å². The standard InChI is InChI=1S/C35H36NO/c1-21-24-14-8-9-15-27(24)32(35(2,3)4)34-30(21)33-31-26(17-18-36(33)5)25-16-10-13-23(19-22-11-6-7-12-22)28(25)20-29(31)37-34/h8-10,13-18,20,22H,6-7,11-12,19H2,1-5H3/q+1. The summed E-state index contributed by atoms with van der Waals surface area (Å²) in [5.74, 6) is 2.84. The highest BCUT2D eigenvalue weighted by molar-refractivity contribution is 6.16. The monoisotopic (exact) mass is 486 g/mol. The topological polar surface area (TPSA) is 13.1 Å². The van der Waals surface area contributed by atoms with E-state index in [-0.39, 0.29) is 5.41 Å². The average Bonchev–Trinajstić information content (AvgIpc) is 3.38. The summed E-state index contributed by atoms with van der Waals surface area (Å²) >= 11 is 0. The van der Waals surface area contributed by atoms with Gasteiger partial charge in [0.15, 0.2) is 6.20 Å². The predicted molar refractivity (Wildman–Crippen MR) is 155 cm³/mol. The predicted octanol–water partition coefficient (Wildman–Crippen LogP) is 9.08. The molecule has 37 heavy (non-hydrogen) atoms. The van der Waals surface area contributed by atoms with Gasteiger partial charge in [0, 0.05) is 17.0 Å². The molecular weight excluding hydrogens is 450 g/mol. The van der Waals surface area contributed by atoms with Crippen LogP contribution in [-0.2, 0) is 18.9 Å². The first-order chi connectivity index (χ1) is 17.8. The number of benzene rings is 4. The molecule has 1 aliphatic heterocycles. The van der Waals surface area contributed by atoms with Gasteiger partial charge in [0.25, 0.3) is 0 Å². The number of hydrogen-bond donors (Lipinski definition) is 0. The van der Waals surface area contributed by atoms with Gasteiger partial charge in [0.2, 0.25) is 5.69 Å². The Morgan fingerprint density at radius 2 is 1.59 bits per heavy atom. The van der Waals surface area contributed by atoms with Gasteiger partial charge in [-0.2, -0.15) is 0 Å². The minimum Gasteiger partial charge on any atom is -0.455 e. The number of fused-ring (bicyclic) bond motifs is 5. The summed E-state index contributed by atoms with van der Waals surface area (Å²) in [7, 11) is 2.18. The number of nitrogens with zero attached hydrogens (tertiary/aromatic N) is 1. The Kier molecular flexibility index (Phi) is 4.96. The molecule has 0 saturated heterocycles. The first-order valence-corrected chi connectivity index (χ1v) is 13.9. The smallest absolute Gasteiger partial charge is 0.228 e. The highest BCUT2D eigenvalue weighted by Gasteiger charge is 2.36. The SMILES string of the molecule is Cc1c2c(c(C(C)(C)C)c3ccccc13)Oc1cc3c(CC4CCCC4)cccc3c3cc[n+](C)c-2c13. The van der Waals surface area contributed by atoms with Crippen LogP contribution >= 0.6 is 0 Å². The summed E-state index contributed by atoms with van der Waals surface area (Å²) in [6.45, 7) is 9.19. The lowest BCUT2D eigenvalue weighted by atomic mass is 9.78. The first kappa shape index (κ1) is 22.8. The van der Waals surface area contributed by atoms with Crippen molar-refractivity contribution in [2.24, 2.45) is 13.0 Å². The number of ether oxygens (including phenoxy) is 1. The van der Waals surface area contributed by atoms with Crippen molar-refractivity contribution < 1.29 is 9.30 Å². The van der Waals surface area contributed by atoms with Crippen molar-refractivity contribution in [1.82, 2.24) is 0 Å². The highest BCUT2D eigenvalue weighted by Crippen LogP contribution is 2.54. The van der Waals surface area contributed by atoms with E-state index in [9.17, 15) is 0 Å². The molecule has 0 spiro atoms. The van der Waals surface area contributed by atoms with Crippen molar-refractivity contribution in [2.75, 3.05) is 0 Å². The Labute approximate surface area is 219 Å².